The topological polar surface area (TPSA) is 52.9 Å². The third kappa shape index (κ3) is 1.96. The molecule has 2 N–H and O–H groups in total. The first-order valence-corrected chi connectivity index (χ1v) is 8.46. The second-order valence-electron chi connectivity index (χ2n) is 6.71. The Morgan fingerprint density at radius 3 is 2.75 bits per heavy atom. The first-order valence-electron chi connectivity index (χ1n) is 8.08. The molecule has 0 radical (unpaired) electrons. The summed E-state index contributed by atoms with van der Waals surface area (Å²) in [6.45, 7) is 2.76. The molecule has 0 fully saturated rings. The third-order valence-electron chi connectivity index (χ3n) is 5.40. The van der Waals surface area contributed by atoms with Crippen LogP contribution in [-0.2, 0) is 12.8 Å². The number of phenols is 2. The Morgan fingerprint density at radius 2 is 2.04 bits per heavy atom. The first-order chi connectivity index (χ1) is 11.4. The van der Waals surface area contributed by atoms with Gasteiger partial charge in [-0.25, -0.2) is 0 Å². The molecule has 1 heterocycles. The maximum atomic E-state index is 10.6. The van der Waals surface area contributed by atoms with Gasteiger partial charge in [-0.1, -0.05) is 11.6 Å². The molecule has 2 aliphatic rings. The lowest BCUT2D eigenvalue weighted by molar-refractivity contribution is 0.226. The van der Waals surface area contributed by atoms with E-state index < -0.39 is 0 Å². The van der Waals surface area contributed by atoms with Crippen LogP contribution in [0.3, 0.4) is 0 Å². The number of methoxy groups -OCH3 is 1. The molecular weight excluding hydrogens is 326 g/mol. The molecule has 4 rings (SSSR count). The van der Waals surface area contributed by atoms with Gasteiger partial charge < -0.3 is 14.9 Å². The molecule has 2 aromatic rings. The molecule has 5 heteroatoms. The highest BCUT2D eigenvalue weighted by Crippen LogP contribution is 2.55. The van der Waals surface area contributed by atoms with Gasteiger partial charge in [0.15, 0.2) is 11.5 Å². The van der Waals surface area contributed by atoms with Gasteiger partial charge in [0.1, 0.15) is 5.75 Å². The Hall–Kier alpha value is -1.91. The van der Waals surface area contributed by atoms with Crippen LogP contribution in [0, 0.1) is 6.92 Å². The lowest BCUT2D eigenvalue weighted by atomic mass is 9.76. The minimum absolute atomic E-state index is 0.00907. The smallest absolute Gasteiger partial charge is 0.177 e. The zero-order valence-electron chi connectivity index (χ0n) is 14.0. The van der Waals surface area contributed by atoms with Crippen molar-refractivity contribution in [2.24, 2.45) is 0 Å². The standard InChI is InChI=1S/C19H20ClNO3/c1-9-6-12-10(8-14(9)22)7-13-15-11(4-5-21(13)2)17(20)18(23)19(24-3)16(12)15/h6,8,13,22-23H,4-5,7H2,1-3H3. The van der Waals surface area contributed by atoms with Gasteiger partial charge in [-0.3, -0.25) is 4.90 Å². The van der Waals surface area contributed by atoms with Gasteiger partial charge in [0, 0.05) is 18.2 Å². The van der Waals surface area contributed by atoms with E-state index in [-0.39, 0.29) is 11.8 Å². The number of likely N-dealkylation sites (N-methyl/N-ethyl adjacent to an activating group) is 1. The molecule has 1 aliphatic heterocycles. The summed E-state index contributed by atoms with van der Waals surface area (Å²) in [5.41, 5.74) is 5.97. The molecule has 1 unspecified atom stereocenters. The average molecular weight is 346 g/mol. The van der Waals surface area contributed by atoms with E-state index in [9.17, 15) is 10.2 Å². The number of aromatic hydroxyl groups is 2. The van der Waals surface area contributed by atoms with Gasteiger partial charge in [-0.05, 0) is 66.8 Å². The number of ether oxygens (including phenoxy) is 1. The number of aryl methyl sites for hydroxylation is 1. The summed E-state index contributed by atoms with van der Waals surface area (Å²) in [5, 5.41) is 21.1. The molecule has 24 heavy (non-hydrogen) atoms. The van der Waals surface area contributed by atoms with E-state index >= 15 is 0 Å². The largest absolute Gasteiger partial charge is 0.508 e. The van der Waals surface area contributed by atoms with Crippen LogP contribution in [0.5, 0.6) is 17.2 Å². The molecule has 0 bridgehead atoms. The molecule has 1 aliphatic carbocycles. The number of nitrogens with zero attached hydrogens (tertiary/aromatic N) is 1. The highest BCUT2D eigenvalue weighted by atomic mass is 35.5. The van der Waals surface area contributed by atoms with Gasteiger partial charge in [0.25, 0.3) is 0 Å². The van der Waals surface area contributed by atoms with E-state index in [1.807, 2.05) is 19.1 Å². The SMILES string of the molecule is COc1c(O)c(Cl)c2c3c1-c1cc(C)c(O)cc1CC3N(C)CC2. The first kappa shape index (κ1) is 15.6. The Bertz CT molecular complexity index is 863. The summed E-state index contributed by atoms with van der Waals surface area (Å²) < 4.78 is 5.54. The van der Waals surface area contributed by atoms with Crippen LogP contribution < -0.4 is 4.74 Å². The van der Waals surface area contributed by atoms with Crippen molar-refractivity contribution in [2.75, 3.05) is 20.7 Å². The highest BCUT2D eigenvalue weighted by Gasteiger charge is 2.38. The van der Waals surface area contributed by atoms with Crippen LogP contribution in [0.25, 0.3) is 11.1 Å². The van der Waals surface area contributed by atoms with Gasteiger partial charge in [-0.2, -0.15) is 0 Å². The predicted molar refractivity (Wildman–Crippen MR) is 94.3 cm³/mol. The van der Waals surface area contributed by atoms with Crippen molar-refractivity contribution >= 4 is 11.6 Å². The minimum atomic E-state index is 0.00907. The molecule has 0 aromatic heterocycles. The number of halogens is 1. The highest BCUT2D eigenvalue weighted by molar-refractivity contribution is 6.33. The molecular formula is C19H20ClNO3. The third-order valence-corrected chi connectivity index (χ3v) is 5.80. The van der Waals surface area contributed by atoms with Crippen LogP contribution in [0.2, 0.25) is 5.02 Å². The monoisotopic (exact) mass is 345 g/mol. The Labute approximate surface area is 146 Å². The number of benzene rings is 2. The fourth-order valence-electron chi connectivity index (χ4n) is 4.10. The normalized spacial score (nSPS) is 18.9. The number of fused-ring (bicyclic) bond motifs is 2. The minimum Gasteiger partial charge on any atom is -0.508 e. The number of hydrogen-bond donors (Lipinski definition) is 2. The molecule has 4 nitrogen and oxygen atoms in total. The molecule has 0 saturated carbocycles. The number of phenolic OH excluding ortho intramolecular Hbond substituents is 2. The van der Waals surface area contributed by atoms with Crippen LogP contribution in [0.15, 0.2) is 12.1 Å². The van der Waals surface area contributed by atoms with E-state index in [2.05, 4.69) is 11.9 Å². The summed E-state index contributed by atoms with van der Waals surface area (Å²) in [4.78, 5) is 2.30. The van der Waals surface area contributed by atoms with Crippen LogP contribution in [-0.4, -0.2) is 35.8 Å². The van der Waals surface area contributed by atoms with Gasteiger partial charge in [-0.15, -0.1) is 0 Å². The van der Waals surface area contributed by atoms with Crippen LogP contribution in [0.1, 0.15) is 28.3 Å². The Morgan fingerprint density at radius 1 is 1.29 bits per heavy atom. The van der Waals surface area contributed by atoms with Crippen molar-refractivity contribution in [2.45, 2.75) is 25.8 Å². The molecule has 1 atom stereocenters. The van der Waals surface area contributed by atoms with E-state index in [1.165, 1.54) is 0 Å². The molecule has 0 spiro atoms. The van der Waals surface area contributed by atoms with Crippen molar-refractivity contribution in [3.05, 3.63) is 39.4 Å². The van der Waals surface area contributed by atoms with Crippen molar-refractivity contribution in [3.63, 3.8) is 0 Å². The second kappa shape index (κ2) is 5.30. The maximum absolute atomic E-state index is 10.6. The molecule has 0 saturated heterocycles. The van der Waals surface area contributed by atoms with E-state index in [0.29, 0.717) is 16.5 Å². The van der Waals surface area contributed by atoms with Gasteiger partial charge >= 0.3 is 0 Å². The summed E-state index contributed by atoms with van der Waals surface area (Å²) in [7, 11) is 3.65. The zero-order chi connectivity index (χ0) is 17.2. The lowest BCUT2D eigenvalue weighted by Crippen LogP contribution is -2.36. The van der Waals surface area contributed by atoms with Crippen molar-refractivity contribution < 1.29 is 14.9 Å². The Kier molecular flexibility index (Phi) is 3.44. The molecule has 0 amide bonds. The van der Waals surface area contributed by atoms with E-state index in [0.717, 1.165) is 52.8 Å². The fourth-order valence-corrected chi connectivity index (χ4v) is 4.38. The Balaban J connectivity index is 2.13. The van der Waals surface area contributed by atoms with Crippen LogP contribution in [0.4, 0.5) is 0 Å². The van der Waals surface area contributed by atoms with Crippen molar-refractivity contribution in [3.8, 4) is 28.4 Å². The second-order valence-corrected chi connectivity index (χ2v) is 7.09. The number of hydrogen-bond acceptors (Lipinski definition) is 4. The summed E-state index contributed by atoms with van der Waals surface area (Å²) in [5.74, 6) is 0.730. The quantitative estimate of drug-likeness (QED) is 0.825. The van der Waals surface area contributed by atoms with Crippen LogP contribution >= 0.6 is 11.6 Å². The molecule has 126 valence electrons. The van der Waals surface area contributed by atoms with Gasteiger partial charge in [0.2, 0.25) is 0 Å². The van der Waals surface area contributed by atoms with Crippen molar-refractivity contribution in [1.29, 1.82) is 0 Å². The van der Waals surface area contributed by atoms with E-state index in [4.69, 9.17) is 16.3 Å². The van der Waals surface area contributed by atoms with Crippen molar-refractivity contribution in [1.82, 2.24) is 4.90 Å². The van der Waals surface area contributed by atoms with E-state index in [1.54, 1.807) is 7.11 Å². The molecule has 2 aromatic carbocycles. The summed E-state index contributed by atoms with van der Waals surface area (Å²) in [6.07, 6.45) is 1.61. The average Bonchev–Trinajstić information content (AvgIpc) is 2.56. The zero-order valence-corrected chi connectivity index (χ0v) is 14.7. The maximum Gasteiger partial charge on any atom is 0.177 e. The lowest BCUT2D eigenvalue weighted by Gasteiger charge is -2.41. The van der Waals surface area contributed by atoms with Gasteiger partial charge in [0.05, 0.1) is 12.1 Å². The predicted octanol–water partition coefficient (Wildman–Crippen LogP) is 3.82. The fraction of sp³-hybridized carbons (Fsp3) is 0.368. The summed E-state index contributed by atoms with van der Waals surface area (Å²) >= 11 is 6.46. The summed E-state index contributed by atoms with van der Waals surface area (Å²) in [6, 6.07) is 3.98. The number of rotatable bonds is 1.